The first-order valence-corrected chi connectivity index (χ1v) is 10.8. The number of hydrogen-bond acceptors (Lipinski definition) is 2. The second-order valence-corrected chi connectivity index (χ2v) is 7.55. The largest absolute Gasteiger partial charge is 0.236 e. The van der Waals surface area contributed by atoms with E-state index in [1.807, 2.05) is 24.5 Å². The lowest BCUT2D eigenvalue weighted by Gasteiger charge is -2.07. The summed E-state index contributed by atoms with van der Waals surface area (Å²) in [5.74, 6) is 0.474. The minimum absolute atomic E-state index is 0.135. The van der Waals surface area contributed by atoms with Crippen molar-refractivity contribution in [3.8, 4) is 11.4 Å². The van der Waals surface area contributed by atoms with E-state index in [1.54, 1.807) is 6.07 Å². The maximum Gasteiger partial charge on any atom is 0.159 e. The molecule has 0 amide bonds. The monoisotopic (exact) mass is 370 g/mol. The third kappa shape index (κ3) is 7.78. The Morgan fingerprint density at radius 1 is 0.741 bits per heavy atom. The van der Waals surface area contributed by atoms with E-state index in [9.17, 15) is 4.39 Å². The fourth-order valence-corrected chi connectivity index (χ4v) is 3.37. The van der Waals surface area contributed by atoms with Gasteiger partial charge in [-0.3, -0.25) is 0 Å². The van der Waals surface area contributed by atoms with Crippen molar-refractivity contribution in [1.29, 1.82) is 0 Å². The highest BCUT2D eigenvalue weighted by Gasteiger charge is 2.07. The molecule has 0 bridgehead atoms. The molecule has 0 saturated carbocycles. The van der Waals surface area contributed by atoms with Gasteiger partial charge in [-0.1, -0.05) is 77.3 Å². The highest BCUT2D eigenvalue weighted by atomic mass is 19.1. The number of benzene rings is 1. The van der Waals surface area contributed by atoms with Gasteiger partial charge in [0.25, 0.3) is 0 Å². The summed E-state index contributed by atoms with van der Waals surface area (Å²) in [6.45, 7) is 4.43. The van der Waals surface area contributed by atoms with Gasteiger partial charge in [0, 0.05) is 18.0 Å². The van der Waals surface area contributed by atoms with E-state index in [1.165, 1.54) is 63.4 Å². The van der Waals surface area contributed by atoms with Crippen LogP contribution in [0.3, 0.4) is 0 Å². The van der Waals surface area contributed by atoms with E-state index in [0.717, 1.165) is 30.4 Å². The van der Waals surface area contributed by atoms with Crippen LogP contribution in [-0.4, -0.2) is 9.97 Å². The average Bonchev–Trinajstić information content (AvgIpc) is 2.69. The van der Waals surface area contributed by atoms with E-state index in [2.05, 4.69) is 23.8 Å². The topological polar surface area (TPSA) is 25.8 Å². The molecule has 0 aliphatic heterocycles. The lowest BCUT2D eigenvalue weighted by atomic mass is 10.0. The van der Waals surface area contributed by atoms with Gasteiger partial charge in [-0.2, -0.15) is 0 Å². The van der Waals surface area contributed by atoms with Gasteiger partial charge in [-0.05, 0) is 42.9 Å². The van der Waals surface area contributed by atoms with Gasteiger partial charge < -0.3 is 0 Å². The highest BCUT2D eigenvalue weighted by Crippen LogP contribution is 2.20. The molecule has 2 aromatic rings. The Bertz CT molecular complexity index is 652. The first-order chi connectivity index (χ1) is 13.2. The first-order valence-electron chi connectivity index (χ1n) is 10.8. The van der Waals surface area contributed by atoms with Crippen LogP contribution in [0.1, 0.15) is 89.2 Å². The molecule has 0 radical (unpaired) electrons. The SMILES string of the molecule is CCCCCCCCc1cnc(-c2ccc(CCCCCC)c(F)c2)nc1. The lowest BCUT2D eigenvalue weighted by Crippen LogP contribution is -1.96. The van der Waals surface area contributed by atoms with Crippen molar-refractivity contribution in [2.45, 2.75) is 90.9 Å². The maximum atomic E-state index is 14.4. The molecule has 1 aromatic carbocycles. The zero-order valence-electron chi connectivity index (χ0n) is 17.1. The first kappa shape index (κ1) is 21.5. The molecule has 0 fully saturated rings. The molecule has 0 atom stereocenters. The highest BCUT2D eigenvalue weighted by molar-refractivity contribution is 5.55. The Kier molecular flexibility index (Phi) is 10.0. The number of hydrogen-bond donors (Lipinski definition) is 0. The quantitative estimate of drug-likeness (QED) is 0.345. The number of halogens is 1. The Labute approximate surface area is 164 Å². The molecule has 0 spiro atoms. The van der Waals surface area contributed by atoms with Gasteiger partial charge in [0.05, 0.1) is 0 Å². The Balaban J connectivity index is 1.84. The average molecular weight is 371 g/mol. The van der Waals surface area contributed by atoms with Crippen LogP contribution in [0.4, 0.5) is 4.39 Å². The number of unbranched alkanes of at least 4 members (excludes halogenated alkanes) is 8. The van der Waals surface area contributed by atoms with Gasteiger partial charge in [-0.15, -0.1) is 0 Å². The van der Waals surface area contributed by atoms with E-state index in [4.69, 9.17) is 0 Å². The molecule has 0 aliphatic rings. The standard InChI is InChI=1S/C24H35FN2/c1-3-5-7-9-10-11-13-20-18-26-24(27-19-20)22-16-15-21(23(25)17-22)14-12-8-6-4-2/h15-19H,3-14H2,1-2H3. The van der Waals surface area contributed by atoms with Crippen LogP contribution in [-0.2, 0) is 12.8 Å². The smallest absolute Gasteiger partial charge is 0.159 e. The third-order valence-electron chi connectivity index (χ3n) is 5.14. The van der Waals surface area contributed by atoms with Gasteiger partial charge in [0.2, 0.25) is 0 Å². The van der Waals surface area contributed by atoms with Crippen molar-refractivity contribution < 1.29 is 4.39 Å². The van der Waals surface area contributed by atoms with Crippen LogP contribution < -0.4 is 0 Å². The van der Waals surface area contributed by atoms with Crippen molar-refractivity contribution in [2.24, 2.45) is 0 Å². The fraction of sp³-hybridized carbons (Fsp3) is 0.583. The molecule has 2 rings (SSSR count). The second kappa shape index (κ2) is 12.6. The summed E-state index contributed by atoms with van der Waals surface area (Å²) in [5, 5.41) is 0. The molecular weight excluding hydrogens is 335 g/mol. The molecule has 3 heteroatoms. The molecule has 148 valence electrons. The van der Waals surface area contributed by atoms with Crippen LogP contribution in [0.15, 0.2) is 30.6 Å². The van der Waals surface area contributed by atoms with Crippen LogP contribution in [0.25, 0.3) is 11.4 Å². The molecule has 0 aliphatic carbocycles. The zero-order valence-corrected chi connectivity index (χ0v) is 17.1. The molecule has 27 heavy (non-hydrogen) atoms. The van der Waals surface area contributed by atoms with Gasteiger partial charge in [0.1, 0.15) is 5.82 Å². The molecule has 1 aromatic heterocycles. The van der Waals surface area contributed by atoms with Crippen molar-refractivity contribution >= 4 is 0 Å². The number of rotatable bonds is 13. The Morgan fingerprint density at radius 3 is 2.00 bits per heavy atom. The summed E-state index contributed by atoms with van der Waals surface area (Å²) in [7, 11) is 0. The summed E-state index contributed by atoms with van der Waals surface area (Å²) >= 11 is 0. The van der Waals surface area contributed by atoms with E-state index in [-0.39, 0.29) is 5.82 Å². The van der Waals surface area contributed by atoms with E-state index >= 15 is 0 Å². The van der Waals surface area contributed by atoms with Crippen molar-refractivity contribution in [3.05, 3.63) is 47.5 Å². The molecule has 0 unspecified atom stereocenters. The molecule has 0 saturated heterocycles. The molecule has 0 N–H and O–H groups in total. The second-order valence-electron chi connectivity index (χ2n) is 7.55. The summed E-state index contributed by atoms with van der Waals surface area (Å²) in [6.07, 6.45) is 18.0. The molecule has 1 heterocycles. The van der Waals surface area contributed by atoms with Gasteiger partial charge in [-0.25, -0.2) is 14.4 Å². The van der Waals surface area contributed by atoms with Crippen LogP contribution in [0.2, 0.25) is 0 Å². The van der Waals surface area contributed by atoms with E-state index in [0.29, 0.717) is 5.82 Å². The summed E-state index contributed by atoms with van der Waals surface area (Å²) in [5.41, 5.74) is 2.73. The minimum atomic E-state index is -0.135. The van der Waals surface area contributed by atoms with Crippen molar-refractivity contribution in [1.82, 2.24) is 9.97 Å². The summed E-state index contributed by atoms with van der Waals surface area (Å²) in [6, 6.07) is 5.42. The zero-order chi connectivity index (χ0) is 19.3. The van der Waals surface area contributed by atoms with Crippen LogP contribution in [0, 0.1) is 5.82 Å². The minimum Gasteiger partial charge on any atom is -0.236 e. The van der Waals surface area contributed by atoms with E-state index < -0.39 is 0 Å². The fourth-order valence-electron chi connectivity index (χ4n) is 3.37. The van der Waals surface area contributed by atoms with Crippen molar-refractivity contribution in [3.63, 3.8) is 0 Å². The maximum absolute atomic E-state index is 14.4. The number of aryl methyl sites for hydroxylation is 2. The van der Waals surface area contributed by atoms with Crippen LogP contribution in [0.5, 0.6) is 0 Å². The van der Waals surface area contributed by atoms with Crippen molar-refractivity contribution in [2.75, 3.05) is 0 Å². The van der Waals surface area contributed by atoms with Gasteiger partial charge in [0.15, 0.2) is 5.82 Å². The predicted octanol–water partition coefficient (Wildman–Crippen LogP) is 7.31. The van der Waals surface area contributed by atoms with Gasteiger partial charge >= 0.3 is 0 Å². The number of aromatic nitrogens is 2. The Hall–Kier alpha value is -1.77. The Morgan fingerprint density at radius 2 is 1.33 bits per heavy atom. The molecule has 2 nitrogen and oxygen atoms in total. The lowest BCUT2D eigenvalue weighted by molar-refractivity contribution is 0.594. The predicted molar refractivity (Wildman–Crippen MR) is 112 cm³/mol. The third-order valence-corrected chi connectivity index (χ3v) is 5.14. The molecular formula is C24H35FN2. The summed E-state index contributed by atoms with van der Waals surface area (Å²) < 4.78 is 14.4. The summed E-state index contributed by atoms with van der Waals surface area (Å²) in [4.78, 5) is 8.91. The van der Waals surface area contributed by atoms with Crippen LogP contribution >= 0.6 is 0 Å². The number of nitrogens with zero attached hydrogens (tertiary/aromatic N) is 2. The normalized spacial score (nSPS) is 11.1.